The second-order valence-corrected chi connectivity index (χ2v) is 3.25. The van der Waals surface area contributed by atoms with Crippen LogP contribution in [0, 0.1) is 0 Å². The van der Waals surface area contributed by atoms with Crippen molar-refractivity contribution in [1.82, 2.24) is 0 Å². The van der Waals surface area contributed by atoms with E-state index in [4.69, 9.17) is 9.37 Å². The highest BCUT2D eigenvalue weighted by Gasteiger charge is 2.20. The first-order chi connectivity index (χ1) is 7.88. The molecule has 1 aromatic carbocycles. The molecule has 1 rings (SSSR count). The van der Waals surface area contributed by atoms with Crippen LogP contribution in [0.5, 0.6) is 0 Å². The topological polar surface area (TPSA) is 29.5 Å². The third-order valence-electron chi connectivity index (χ3n) is 2.24. The molecule has 76 valence electrons. The summed E-state index contributed by atoms with van der Waals surface area (Å²) in [4.78, 5) is 4.30. The molecule has 0 aromatic heterocycles. The largest absolute Gasteiger partial charge is 0.251 e. The summed E-state index contributed by atoms with van der Waals surface area (Å²) in [6.07, 6.45) is -0.940. The monoisotopic (exact) mass is 195 g/mol. The van der Waals surface area contributed by atoms with Gasteiger partial charge in [-0.25, -0.2) is 4.89 Å². The summed E-state index contributed by atoms with van der Waals surface area (Å²) in [5, 5.41) is 8.88. The minimum atomic E-state index is -2.34. The molecule has 2 nitrogen and oxygen atoms in total. The van der Waals surface area contributed by atoms with Gasteiger partial charge in [-0.2, -0.15) is 0 Å². The van der Waals surface area contributed by atoms with E-state index in [1.54, 1.807) is 6.92 Å². The number of benzene rings is 1. The summed E-state index contributed by atoms with van der Waals surface area (Å²) in [7, 11) is 0. The first-order valence-electron chi connectivity index (χ1n) is 5.92. The van der Waals surface area contributed by atoms with Crippen molar-refractivity contribution >= 4 is 0 Å². The van der Waals surface area contributed by atoms with Gasteiger partial charge in [0, 0.05) is 10.0 Å². The Morgan fingerprint density at radius 3 is 2.64 bits per heavy atom. The van der Waals surface area contributed by atoms with Crippen LogP contribution < -0.4 is 0 Å². The molecule has 0 radical (unpaired) electrons. The standard InChI is InChI=1S/C12H16O2/c1-9(2)12(14-13)10(3)11-7-5-4-6-8-11/h4-8,10,12-13H,1H2,2-3H3/t10-,12+/m1/s1/i2D3. The van der Waals surface area contributed by atoms with Crippen LogP contribution >= 0.6 is 0 Å². The molecule has 2 heteroatoms. The van der Waals surface area contributed by atoms with Gasteiger partial charge < -0.3 is 0 Å². The quantitative estimate of drug-likeness (QED) is 0.454. The zero-order valence-corrected chi connectivity index (χ0v) is 8.10. The predicted octanol–water partition coefficient (Wildman–Crippen LogP) is 3.22. The predicted molar refractivity (Wildman–Crippen MR) is 57.2 cm³/mol. The highest BCUT2D eigenvalue weighted by Crippen LogP contribution is 2.24. The first-order valence-corrected chi connectivity index (χ1v) is 4.42. The van der Waals surface area contributed by atoms with Crippen LogP contribution in [0.2, 0.25) is 0 Å². The Morgan fingerprint density at radius 2 is 2.14 bits per heavy atom. The van der Waals surface area contributed by atoms with Crippen molar-refractivity contribution in [3.05, 3.63) is 48.0 Å². The molecule has 0 aliphatic carbocycles. The Balaban J connectivity index is 2.93. The Hall–Kier alpha value is -1.12. The van der Waals surface area contributed by atoms with Crippen LogP contribution in [0.3, 0.4) is 0 Å². The molecule has 0 bridgehead atoms. The van der Waals surface area contributed by atoms with Crippen LogP contribution in [-0.4, -0.2) is 11.4 Å². The van der Waals surface area contributed by atoms with Crippen LogP contribution in [0.25, 0.3) is 0 Å². The summed E-state index contributed by atoms with van der Waals surface area (Å²) in [5.74, 6) is -0.283. The summed E-state index contributed by atoms with van der Waals surface area (Å²) >= 11 is 0. The van der Waals surface area contributed by atoms with Crippen molar-refractivity contribution < 1.29 is 14.3 Å². The van der Waals surface area contributed by atoms with Crippen LogP contribution in [0.1, 0.15) is 29.4 Å². The first kappa shape index (κ1) is 7.21. The molecule has 0 spiro atoms. The summed E-state index contributed by atoms with van der Waals surface area (Å²) < 4.78 is 21.8. The lowest BCUT2D eigenvalue weighted by Gasteiger charge is -2.21. The number of rotatable bonds is 4. The van der Waals surface area contributed by atoms with Crippen LogP contribution in [-0.2, 0) is 4.89 Å². The molecule has 14 heavy (non-hydrogen) atoms. The molecule has 0 fully saturated rings. The highest BCUT2D eigenvalue weighted by molar-refractivity contribution is 5.23. The molecule has 0 amide bonds. The summed E-state index contributed by atoms with van der Waals surface area (Å²) in [6.45, 7) is 2.94. The van der Waals surface area contributed by atoms with E-state index in [2.05, 4.69) is 11.5 Å². The van der Waals surface area contributed by atoms with Crippen molar-refractivity contribution in [2.75, 3.05) is 0 Å². The highest BCUT2D eigenvalue weighted by atomic mass is 17.1. The Kier molecular flexibility index (Phi) is 2.54. The van der Waals surface area contributed by atoms with E-state index in [1.807, 2.05) is 30.3 Å². The van der Waals surface area contributed by atoms with E-state index in [-0.39, 0.29) is 11.5 Å². The minimum Gasteiger partial charge on any atom is -0.251 e. The lowest BCUT2D eigenvalue weighted by molar-refractivity contribution is -0.272. The van der Waals surface area contributed by atoms with Gasteiger partial charge in [0.15, 0.2) is 0 Å². The van der Waals surface area contributed by atoms with Crippen molar-refractivity contribution in [3.63, 3.8) is 0 Å². The smallest absolute Gasteiger partial charge is 0.120 e. The minimum absolute atomic E-state index is 0.101. The third-order valence-corrected chi connectivity index (χ3v) is 2.24. The molecule has 0 saturated carbocycles. The van der Waals surface area contributed by atoms with Crippen molar-refractivity contribution in [2.45, 2.75) is 25.8 Å². The lowest BCUT2D eigenvalue weighted by atomic mass is 9.92. The maximum absolute atomic E-state index is 8.88. The SMILES string of the molecule is [2H]C([2H])([2H])C(=C)[C@H](OO)[C@H](C)c1ccccc1. The molecule has 0 heterocycles. The van der Waals surface area contributed by atoms with Gasteiger partial charge in [-0.15, -0.1) is 0 Å². The molecule has 0 unspecified atom stereocenters. The van der Waals surface area contributed by atoms with Gasteiger partial charge >= 0.3 is 0 Å². The van der Waals surface area contributed by atoms with E-state index >= 15 is 0 Å². The zero-order chi connectivity index (χ0) is 13.1. The molecule has 0 aliphatic rings. The molecule has 1 N–H and O–H groups in total. The molecule has 1 aromatic rings. The number of hydrogen-bond donors (Lipinski definition) is 1. The van der Waals surface area contributed by atoms with Gasteiger partial charge in [-0.05, 0) is 18.0 Å². The van der Waals surface area contributed by atoms with Gasteiger partial charge in [0.05, 0.1) is 0 Å². The normalized spacial score (nSPS) is 18.9. The molecule has 0 saturated heterocycles. The fourth-order valence-corrected chi connectivity index (χ4v) is 1.39. The van der Waals surface area contributed by atoms with Crippen LogP contribution in [0.15, 0.2) is 42.5 Å². The molecular formula is C12H16O2. The Labute approximate surface area is 89.0 Å². The molecule has 2 atom stereocenters. The molecule has 0 aliphatic heterocycles. The van der Waals surface area contributed by atoms with Gasteiger partial charge in [-0.1, -0.05) is 43.8 Å². The average Bonchev–Trinajstić information content (AvgIpc) is 2.29. The molecular weight excluding hydrogens is 176 g/mol. The van der Waals surface area contributed by atoms with Gasteiger partial charge in [-0.3, -0.25) is 5.26 Å². The van der Waals surface area contributed by atoms with Crippen molar-refractivity contribution in [3.8, 4) is 0 Å². The second kappa shape index (κ2) is 4.94. The van der Waals surface area contributed by atoms with E-state index in [0.717, 1.165) is 5.56 Å². The van der Waals surface area contributed by atoms with Gasteiger partial charge in [0.2, 0.25) is 0 Å². The number of hydrogen-bond acceptors (Lipinski definition) is 2. The van der Waals surface area contributed by atoms with Crippen molar-refractivity contribution in [2.24, 2.45) is 0 Å². The maximum atomic E-state index is 8.88. The Morgan fingerprint density at radius 1 is 1.50 bits per heavy atom. The van der Waals surface area contributed by atoms with Crippen LogP contribution in [0.4, 0.5) is 0 Å². The lowest BCUT2D eigenvalue weighted by Crippen LogP contribution is -2.19. The fourth-order valence-electron chi connectivity index (χ4n) is 1.39. The fraction of sp³-hybridized carbons (Fsp3) is 0.333. The summed E-state index contributed by atoms with van der Waals surface area (Å²) in [5.41, 5.74) is 0.785. The Bertz CT molecular complexity index is 373. The van der Waals surface area contributed by atoms with Gasteiger partial charge in [0.1, 0.15) is 6.10 Å². The van der Waals surface area contributed by atoms with E-state index in [1.165, 1.54) is 0 Å². The maximum Gasteiger partial charge on any atom is 0.120 e. The third kappa shape index (κ3) is 2.44. The average molecular weight is 195 g/mol. The van der Waals surface area contributed by atoms with Crippen molar-refractivity contribution in [1.29, 1.82) is 0 Å². The zero-order valence-electron chi connectivity index (χ0n) is 11.1. The van der Waals surface area contributed by atoms with E-state index in [0.29, 0.717) is 0 Å². The van der Waals surface area contributed by atoms with E-state index in [9.17, 15) is 0 Å². The summed E-state index contributed by atoms with van der Waals surface area (Å²) in [6, 6.07) is 9.26. The van der Waals surface area contributed by atoms with E-state index < -0.39 is 13.0 Å². The second-order valence-electron chi connectivity index (χ2n) is 3.25. The van der Waals surface area contributed by atoms with Gasteiger partial charge in [0.25, 0.3) is 0 Å².